The van der Waals surface area contributed by atoms with Gasteiger partial charge in [-0.25, -0.2) is 0 Å². The Morgan fingerprint density at radius 1 is 1.35 bits per heavy atom. The highest BCUT2D eigenvalue weighted by Crippen LogP contribution is 2.28. The molecule has 0 aromatic heterocycles. The number of likely N-dealkylation sites (tertiary alicyclic amines) is 1. The summed E-state index contributed by atoms with van der Waals surface area (Å²) in [5.41, 5.74) is 0.357. The van der Waals surface area contributed by atoms with E-state index >= 15 is 0 Å². The van der Waals surface area contributed by atoms with Gasteiger partial charge in [0.1, 0.15) is 0 Å². The van der Waals surface area contributed by atoms with Crippen LogP contribution in [0.15, 0.2) is 0 Å². The third kappa shape index (κ3) is 3.98. The fourth-order valence-corrected chi connectivity index (χ4v) is 2.95. The van der Waals surface area contributed by atoms with Crippen molar-refractivity contribution >= 4 is 5.91 Å². The quantitative estimate of drug-likeness (QED) is 0.801. The van der Waals surface area contributed by atoms with Crippen molar-refractivity contribution in [3.63, 3.8) is 0 Å². The number of hydrogen-bond donors (Lipinski definition) is 1. The molecule has 0 saturated carbocycles. The van der Waals surface area contributed by atoms with Gasteiger partial charge in [0.2, 0.25) is 5.91 Å². The van der Waals surface area contributed by atoms with Crippen molar-refractivity contribution < 1.29 is 4.79 Å². The minimum Gasteiger partial charge on any atom is -0.354 e. The van der Waals surface area contributed by atoms with Gasteiger partial charge in [-0.15, -0.1) is 0 Å². The predicted octanol–water partition coefficient (Wildman–Crippen LogP) is 2.56. The lowest BCUT2D eigenvalue weighted by atomic mass is 9.88. The van der Waals surface area contributed by atoms with Gasteiger partial charge >= 0.3 is 0 Å². The fourth-order valence-electron chi connectivity index (χ4n) is 2.95. The lowest BCUT2D eigenvalue weighted by molar-refractivity contribution is -0.120. The van der Waals surface area contributed by atoms with E-state index in [9.17, 15) is 4.79 Å². The molecule has 0 spiro atoms. The van der Waals surface area contributed by atoms with Crippen molar-refractivity contribution in [3.8, 4) is 0 Å². The van der Waals surface area contributed by atoms with Gasteiger partial charge in [0.15, 0.2) is 0 Å². The van der Waals surface area contributed by atoms with Gasteiger partial charge in [0.25, 0.3) is 0 Å². The topological polar surface area (TPSA) is 32.3 Å². The van der Waals surface area contributed by atoms with E-state index in [1.807, 2.05) is 0 Å². The van der Waals surface area contributed by atoms with E-state index in [2.05, 4.69) is 31.0 Å². The van der Waals surface area contributed by atoms with Crippen LogP contribution in [0.25, 0.3) is 0 Å². The molecule has 1 unspecified atom stereocenters. The number of amides is 1. The number of nitrogens with zero attached hydrogens (tertiary/aromatic N) is 1. The van der Waals surface area contributed by atoms with E-state index in [-0.39, 0.29) is 5.91 Å². The number of carbonyl (C=O) groups is 1. The van der Waals surface area contributed by atoms with Crippen LogP contribution in [0.3, 0.4) is 0 Å². The van der Waals surface area contributed by atoms with Crippen LogP contribution in [0.2, 0.25) is 0 Å². The maximum absolute atomic E-state index is 11.0. The van der Waals surface area contributed by atoms with Crippen molar-refractivity contribution in [2.75, 3.05) is 13.1 Å². The van der Waals surface area contributed by atoms with Crippen molar-refractivity contribution in [1.82, 2.24) is 10.2 Å². The summed E-state index contributed by atoms with van der Waals surface area (Å²) in [4.78, 5) is 13.6. The van der Waals surface area contributed by atoms with Gasteiger partial charge < -0.3 is 5.32 Å². The second kappa shape index (κ2) is 6.39. The first-order valence-corrected chi connectivity index (χ1v) is 7.04. The number of rotatable bonds is 5. The SMILES string of the molecule is CCCC(C)(CC)N1CCC(NC(C)=O)CC1. The molecule has 1 rings (SSSR count). The summed E-state index contributed by atoms with van der Waals surface area (Å²) in [5.74, 6) is 0.107. The first-order valence-electron chi connectivity index (χ1n) is 7.04. The lowest BCUT2D eigenvalue weighted by Gasteiger charge is -2.45. The molecule has 1 N–H and O–H groups in total. The molecule has 1 saturated heterocycles. The zero-order valence-corrected chi connectivity index (χ0v) is 11.9. The molecular weight excluding hydrogens is 212 g/mol. The first kappa shape index (κ1) is 14.5. The summed E-state index contributed by atoms with van der Waals surface area (Å²) in [6, 6.07) is 0.395. The van der Waals surface area contributed by atoms with Crippen LogP contribution in [0.5, 0.6) is 0 Å². The lowest BCUT2D eigenvalue weighted by Crippen LogP contribution is -2.53. The number of carbonyl (C=O) groups excluding carboxylic acids is 1. The monoisotopic (exact) mass is 240 g/mol. The van der Waals surface area contributed by atoms with Crippen LogP contribution in [0.4, 0.5) is 0 Å². The number of hydrogen-bond acceptors (Lipinski definition) is 2. The van der Waals surface area contributed by atoms with E-state index in [0.717, 1.165) is 25.9 Å². The van der Waals surface area contributed by atoms with Gasteiger partial charge in [0, 0.05) is 31.6 Å². The smallest absolute Gasteiger partial charge is 0.217 e. The van der Waals surface area contributed by atoms with Crippen LogP contribution < -0.4 is 5.32 Å². The molecule has 1 aliphatic heterocycles. The third-order valence-electron chi connectivity index (χ3n) is 4.22. The number of piperidine rings is 1. The molecule has 100 valence electrons. The maximum atomic E-state index is 11.0. The molecule has 17 heavy (non-hydrogen) atoms. The number of nitrogens with one attached hydrogen (secondary N) is 1. The summed E-state index contributed by atoms with van der Waals surface area (Å²) in [5, 5.41) is 3.04. The van der Waals surface area contributed by atoms with E-state index < -0.39 is 0 Å². The standard InChI is InChI=1S/C14H28N2O/c1-5-9-14(4,6-2)16-10-7-13(8-11-16)15-12(3)17/h13H,5-11H2,1-4H3,(H,15,17). The van der Waals surface area contributed by atoms with Crippen molar-refractivity contribution in [3.05, 3.63) is 0 Å². The molecule has 1 aliphatic rings. The second-order valence-corrected chi connectivity index (χ2v) is 5.56. The molecule has 0 aliphatic carbocycles. The Labute approximate surface area is 106 Å². The zero-order valence-electron chi connectivity index (χ0n) is 11.9. The zero-order chi connectivity index (χ0) is 12.9. The maximum Gasteiger partial charge on any atom is 0.217 e. The summed E-state index contributed by atoms with van der Waals surface area (Å²) in [7, 11) is 0. The van der Waals surface area contributed by atoms with Crippen LogP contribution >= 0.6 is 0 Å². The fraction of sp³-hybridized carbons (Fsp3) is 0.929. The Bertz CT molecular complexity index is 247. The third-order valence-corrected chi connectivity index (χ3v) is 4.22. The second-order valence-electron chi connectivity index (χ2n) is 5.56. The molecule has 0 bridgehead atoms. The van der Waals surface area contributed by atoms with E-state index in [1.54, 1.807) is 6.92 Å². The minimum absolute atomic E-state index is 0.107. The van der Waals surface area contributed by atoms with Gasteiger partial charge in [-0.3, -0.25) is 9.69 Å². The highest BCUT2D eigenvalue weighted by Gasteiger charge is 2.32. The van der Waals surface area contributed by atoms with Crippen molar-refractivity contribution in [2.24, 2.45) is 0 Å². The summed E-state index contributed by atoms with van der Waals surface area (Å²) < 4.78 is 0. The summed E-state index contributed by atoms with van der Waals surface area (Å²) in [6.45, 7) is 10.8. The summed E-state index contributed by atoms with van der Waals surface area (Å²) in [6.07, 6.45) is 5.92. The molecule has 3 nitrogen and oxygen atoms in total. The Kier molecular flexibility index (Phi) is 5.44. The average Bonchev–Trinajstić information content (AvgIpc) is 2.29. The highest BCUT2D eigenvalue weighted by molar-refractivity contribution is 5.73. The van der Waals surface area contributed by atoms with E-state index in [4.69, 9.17) is 0 Å². The molecule has 0 aromatic rings. The predicted molar refractivity (Wildman–Crippen MR) is 72.0 cm³/mol. The Balaban J connectivity index is 2.47. The Hall–Kier alpha value is -0.570. The normalized spacial score (nSPS) is 22.1. The van der Waals surface area contributed by atoms with Crippen molar-refractivity contribution in [1.29, 1.82) is 0 Å². The Morgan fingerprint density at radius 3 is 2.35 bits per heavy atom. The van der Waals surface area contributed by atoms with Gasteiger partial charge in [-0.2, -0.15) is 0 Å². The first-order chi connectivity index (χ1) is 8.01. The molecule has 1 heterocycles. The van der Waals surface area contributed by atoms with E-state index in [1.165, 1.54) is 19.3 Å². The Morgan fingerprint density at radius 2 is 1.94 bits per heavy atom. The van der Waals surface area contributed by atoms with Gasteiger partial charge in [-0.1, -0.05) is 20.3 Å². The minimum atomic E-state index is 0.107. The molecule has 0 radical (unpaired) electrons. The molecule has 0 aromatic carbocycles. The largest absolute Gasteiger partial charge is 0.354 e. The molecule has 1 fully saturated rings. The average molecular weight is 240 g/mol. The van der Waals surface area contributed by atoms with Gasteiger partial charge in [0.05, 0.1) is 0 Å². The molecule has 1 atom stereocenters. The van der Waals surface area contributed by atoms with Gasteiger partial charge in [-0.05, 0) is 32.6 Å². The molecular formula is C14H28N2O. The van der Waals surface area contributed by atoms with E-state index in [0.29, 0.717) is 11.6 Å². The summed E-state index contributed by atoms with van der Waals surface area (Å²) >= 11 is 0. The highest BCUT2D eigenvalue weighted by atomic mass is 16.1. The van der Waals surface area contributed by atoms with Crippen LogP contribution in [0, 0.1) is 0 Å². The molecule has 1 amide bonds. The van der Waals surface area contributed by atoms with Crippen LogP contribution in [-0.4, -0.2) is 35.5 Å². The van der Waals surface area contributed by atoms with Crippen molar-refractivity contribution in [2.45, 2.75) is 71.4 Å². The van der Waals surface area contributed by atoms with Crippen LogP contribution in [0.1, 0.15) is 59.8 Å². The van der Waals surface area contributed by atoms with Crippen LogP contribution in [-0.2, 0) is 4.79 Å². The molecule has 3 heteroatoms.